The number of fused-ring (bicyclic) bond motifs is 1. The van der Waals surface area contributed by atoms with Gasteiger partial charge in [-0.3, -0.25) is 15.6 Å². The number of imidazole rings is 1. The molecule has 1 saturated carbocycles. The van der Waals surface area contributed by atoms with Crippen molar-refractivity contribution >= 4 is 22.9 Å². The molecule has 16 heavy (non-hydrogen) atoms. The van der Waals surface area contributed by atoms with Crippen LogP contribution in [0.1, 0.15) is 12.8 Å². The van der Waals surface area contributed by atoms with E-state index in [1.54, 1.807) is 0 Å². The van der Waals surface area contributed by atoms with Crippen molar-refractivity contribution in [2.45, 2.75) is 12.8 Å². The summed E-state index contributed by atoms with van der Waals surface area (Å²) in [5, 5.41) is 0. The molecule has 0 aromatic carbocycles. The smallest absolute Gasteiger partial charge is 0.241 e. The van der Waals surface area contributed by atoms with Crippen LogP contribution >= 0.6 is 0 Å². The summed E-state index contributed by atoms with van der Waals surface area (Å²) >= 11 is 0. The van der Waals surface area contributed by atoms with Crippen molar-refractivity contribution < 1.29 is 4.79 Å². The van der Waals surface area contributed by atoms with Gasteiger partial charge in [-0.25, -0.2) is 15.0 Å². The lowest BCUT2D eigenvalue weighted by Crippen LogP contribution is -2.31. The Morgan fingerprint density at radius 3 is 3.06 bits per heavy atom. The molecule has 0 radical (unpaired) electrons. The molecular weight excluding hydrogens is 208 g/mol. The van der Waals surface area contributed by atoms with Gasteiger partial charge in [0.25, 0.3) is 0 Å². The van der Waals surface area contributed by atoms with E-state index in [1.165, 1.54) is 12.7 Å². The first kappa shape index (κ1) is 9.08. The third-order valence-electron chi connectivity index (χ3n) is 2.48. The quantitative estimate of drug-likeness (QED) is 0.640. The molecule has 0 spiro atoms. The van der Waals surface area contributed by atoms with Crippen molar-refractivity contribution in [3.05, 3.63) is 12.7 Å². The van der Waals surface area contributed by atoms with Crippen molar-refractivity contribution in [1.82, 2.24) is 25.4 Å². The highest BCUT2D eigenvalue weighted by Crippen LogP contribution is 2.28. The van der Waals surface area contributed by atoms with Crippen LogP contribution in [0.25, 0.3) is 11.2 Å². The monoisotopic (exact) mass is 218 g/mol. The molecular formula is C9H10N6O. The van der Waals surface area contributed by atoms with Gasteiger partial charge in [-0.2, -0.15) is 0 Å². The normalized spacial score (nSPS) is 15.0. The second kappa shape index (κ2) is 3.44. The van der Waals surface area contributed by atoms with Crippen molar-refractivity contribution in [3.63, 3.8) is 0 Å². The Balaban J connectivity index is 1.77. The van der Waals surface area contributed by atoms with E-state index in [4.69, 9.17) is 0 Å². The first-order chi connectivity index (χ1) is 7.84. The lowest BCUT2D eigenvalue weighted by molar-refractivity contribution is -0.121. The predicted molar refractivity (Wildman–Crippen MR) is 56.2 cm³/mol. The maximum Gasteiger partial charge on any atom is 0.241 e. The van der Waals surface area contributed by atoms with E-state index in [1.807, 2.05) is 0 Å². The van der Waals surface area contributed by atoms with E-state index in [9.17, 15) is 4.79 Å². The van der Waals surface area contributed by atoms with E-state index in [2.05, 4.69) is 30.8 Å². The van der Waals surface area contributed by atoms with E-state index in [0.29, 0.717) is 17.0 Å². The number of hydrogen-bond donors (Lipinski definition) is 3. The van der Waals surface area contributed by atoms with Gasteiger partial charge in [-0.1, -0.05) is 0 Å². The molecule has 2 aromatic heterocycles. The lowest BCUT2D eigenvalue weighted by Gasteiger charge is -2.06. The van der Waals surface area contributed by atoms with Crippen LogP contribution < -0.4 is 10.9 Å². The molecule has 7 heteroatoms. The summed E-state index contributed by atoms with van der Waals surface area (Å²) in [5.41, 5.74) is 6.64. The number of hydrogen-bond acceptors (Lipinski definition) is 5. The highest BCUT2D eigenvalue weighted by molar-refractivity contribution is 5.85. The minimum absolute atomic E-state index is 0.00581. The van der Waals surface area contributed by atoms with Crippen molar-refractivity contribution in [2.24, 2.45) is 5.92 Å². The largest absolute Gasteiger partial charge is 0.340 e. The van der Waals surface area contributed by atoms with Gasteiger partial charge in [0.05, 0.1) is 6.33 Å². The van der Waals surface area contributed by atoms with E-state index in [0.717, 1.165) is 12.8 Å². The standard InChI is InChI=1S/C9H10N6O/c16-9(5-1-2-5)15-14-8-6-7(11-3-10-6)12-4-13-8/h3-5H,1-2H2,(H,15,16)(H2,10,11,12,13,14). The fraction of sp³-hybridized carbons (Fsp3) is 0.333. The SMILES string of the molecule is O=C(NNc1ncnc2nc[nH]c12)C1CC1. The third-order valence-corrected chi connectivity index (χ3v) is 2.48. The maximum atomic E-state index is 11.4. The molecule has 0 aliphatic heterocycles. The number of amides is 1. The molecule has 0 saturated heterocycles. The predicted octanol–water partition coefficient (Wildman–Crippen LogP) is 0.206. The Labute approximate surface area is 90.7 Å². The Morgan fingerprint density at radius 2 is 2.25 bits per heavy atom. The summed E-state index contributed by atoms with van der Waals surface area (Å²) in [6, 6.07) is 0. The van der Waals surface area contributed by atoms with Crippen LogP contribution in [0.3, 0.4) is 0 Å². The highest BCUT2D eigenvalue weighted by atomic mass is 16.2. The number of nitrogens with zero attached hydrogens (tertiary/aromatic N) is 3. The van der Waals surface area contributed by atoms with Crippen LogP contribution in [0.4, 0.5) is 5.82 Å². The van der Waals surface area contributed by atoms with Crippen LogP contribution in [0.5, 0.6) is 0 Å². The van der Waals surface area contributed by atoms with Gasteiger partial charge in [0.1, 0.15) is 11.8 Å². The van der Waals surface area contributed by atoms with Gasteiger partial charge in [0, 0.05) is 5.92 Å². The topological polar surface area (TPSA) is 95.6 Å². The van der Waals surface area contributed by atoms with E-state index >= 15 is 0 Å². The highest BCUT2D eigenvalue weighted by Gasteiger charge is 2.29. The average Bonchev–Trinajstić information content (AvgIpc) is 3.04. The Hall–Kier alpha value is -2.18. The molecule has 2 aromatic rings. The number of aromatic amines is 1. The zero-order valence-electron chi connectivity index (χ0n) is 8.40. The molecule has 0 atom stereocenters. The molecule has 0 bridgehead atoms. The molecule has 1 amide bonds. The molecule has 7 nitrogen and oxygen atoms in total. The second-order valence-electron chi connectivity index (χ2n) is 3.71. The molecule has 2 heterocycles. The number of aromatic nitrogens is 4. The third kappa shape index (κ3) is 1.56. The van der Waals surface area contributed by atoms with Crippen molar-refractivity contribution in [1.29, 1.82) is 0 Å². The van der Waals surface area contributed by atoms with Crippen LogP contribution in [-0.4, -0.2) is 25.8 Å². The second-order valence-corrected chi connectivity index (χ2v) is 3.71. The van der Waals surface area contributed by atoms with Gasteiger partial charge in [0.15, 0.2) is 11.5 Å². The molecule has 3 rings (SSSR count). The first-order valence-corrected chi connectivity index (χ1v) is 5.04. The summed E-state index contributed by atoms with van der Waals surface area (Å²) in [7, 11) is 0. The summed E-state index contributed by atoms with van der Waals surface area (Å²) in [4.78, 5) is 26.3. The van der Waals surface area contributed by atoms with Gasteiger partial charge >= 0.3 is 0 Å². The fourth-order valence-corrected chi connectivity index (χ4v) is 1.43. The van der Waals surface area contributed by atoms with Crippen LogP contribution in [-0.2, 0) is 4.79 Å². The number of H-pyrrole nitrogens is 1. The van der Waals surface area contributed by atoms with Gasteiger partial charge in [0.2, 0.25) is 5.91 Å². The zero-order chi connectivity index (χ0) is 11.0. The molecule has 1 fully saturated rings. The van der Waals surface area contributed by atoms with Gasteiger partial charge in [-0.05, 0) is 12.8 Å². The molecule has 0 unspecified atom stereocenters. The average molecular weight is 218 g/mol. The van der Waals surface area contributed by atoms with Gasteiger partial charge < -0.3 is 4.98 Å². The van der Waals surface area contributed by atoms with E-state index in [-0.39, 0.29) is 11.8 Å². The summed E-state index contributed by atoms with van der Waals surface area (Å²) < 4.78 is 0. The molecule has 3 N–H and O–H groups in total. The van der Waals surface area contributed by atoms with Crippen LogP contribution in [0.2, 0.25) is 0 Å². The number of carbonyl (C=O) groups is 1. The summed E-state index contributed by atoms with van der Waals surface area (Å²) in [5.74, 6) is 0.689. The minimum Gasteiger partial charge on any atom is -0.340 e. The number of carbonyl (C=O) groups excluding carboxylic acids is 1. The van der Waals surface area contributed by atoms with Crippen LogP contribution in [0, 0.1) is 5.92 Å². The maximum absolute atomic E-state index is 11.4. The van der Waals surface area contributed by atoms with E-state index < -0.39 is 0 Å². The lowest BCUT2D eigenvalue weighted by atomic mass is 10.4. The number of nitrogens with one attached hydrogen (secondary N) is 3. The molecule has 82 valence electrons. The van der Waals surface area contributed by atoms with Crippen molar-refractivity contribution in [3.8, 4) is 0 Å². The summed E-state index contributed by atoms with van der Waals surface area (Å²) in [6.45, 7) is 0. The molecule has 1 aliphatic rings. The Morgan fingerprint density at radius 1 is 1.38 bits per heavy atom. The first-order valence-electron chi connectivity index (χ1n) is 5.04. The zero-order valence-corrected chi connectivity index (χ0v) is 8.40. The minimum atomic E-state index is 0.00581. The van der Waals surface area contributed by atoms with Crippen LogP contribution in [0.15, 0.2) is 12.7 Å². The number of rotatable bonds is 3. The molecule has 1 aliphatic carbocycles. The Kier molecular flexibility index (Phi) is 1.95. The fourth-order valence-electron chi connectivity index (χ4n) is 1.43. The number of hydrazine groups is 1. The Bertz CT molecular complexity index is 532. The van der Waals surface area contributed by atoms with Gasteiger partial charge in [-0.15, -0.1) is 0 Å². The number of anilines is 1. The summed E-state index contributed by atoms with van der Waals surface area (Å²) in [6.07, 6.45) is 4.87. The van der Waals surface area contributed by atoms with Crippen molar-refractivity contribution in [2.75, 3.05) is 5.43 Å².